The van der Waals surface area contributed by atoms with Gasteiger partial charge in [0.25, 0.3) is 11.6 Å². The van der Waals surface area contributed by atoms with Crippen molar-refractivity contribution in [1.82, 2.24) is 9.80 Å². The number of amides is 1. The summed E-state index contributed by atoms with van der Waals surface area (Å²) in [6.45, 7) is 5.29. The van der Waals surface area contributed by atoms with E-state index in [1.807, 2.05) is 24.3 Å². The molecule has 2 aromatic rings. The lowest BCUT2D eigenvalue weighted by Crippen LogP contribution is -2.48. The maximum atomic E-state index is 12.7. The number of piperazine rings is 1. The number of benzene rings is 2. The highest BCUT2D eigenvalue weighted by Gasteiger charge is 2.23. The first-order chi connectivity index (χ1) is 12.4. The summed E-state index contributed by atoms with van der Waals surface area (Å²) in [4.78, 5) is 27.2. The van der Waals surface area contributed by atoms with Gasteiger partial charge in [-0.25, -0.2) is 0 Å². The number of nitro groups is 1. The van der Waals surface area contributed by atoms with Crippen LogP contribution in [0.5, 0.6) is 0 Å². The molecule has 0 aliphatic carbocycles. The Morgan fingerprint density at radius 3 is 2.50 bits per heavy atom. The highest BCUT2D eigenvalue weighted by atomic mass is 35.5. The molecule has 1 aliphatic heterocycles. The first-order valence-electron chi connectivity index (χ1n) is 8.45. The summed E-state index contributed by atoms with van der Waals surface area (Å²) < 4.78 is 0. The molecule has 136 valence electrons. The summed E-state index contributed by atoms with van der Waals surface area (Å²) in [6, 6.07) is 12.3. The van der Waals surface area contributed by atoms with Gasteiger partial charge < -0.3 is 4.90 Å². The quantitative estimate of drug-likeness (QED) is 0.607. The van der Waals surface area contributed by atoms with Gasteiger partial charge in [0.2, 0.25) is 0 Å². The van der Waals surface area contributed by atoms with Crippen LogP contribution < -0.4 is 0 Å². The largest absolute Gasteiger partial charge is 0.336 e. The van der Waals surface area contributed by atoms with Gasteiger partial charge in [-0.05, 0) is 36.8 Å². The van der Waals surface area contributed by atoms with Crippen LogP contribution in [-0.2, 0) is 6.54 Å². The molecule has 3 rings (SSSR count). The van der Waals surface area contributed by atoms with Gasteiger partial charge in [0.05, 0.1) is 4.92 Å². The second-order valence-corrected chi connectivity index (χ2v) is 6.89. The van der Waals surface area contributed by atoms with Crippen molar-refractivity contribution in [2.45, 2.75) is 13.5 Å². The Labute approximate surface area is 157 Å². The fraction of sp³-hybridized carbons (Fsp3) is 0.316. The lowest BCUT2D eigenvalue weighted by molar-refractivity contribution is -0.385. The molecule has 7 heteroatoms. The van der Waals surface area contributed by atoms with Crippen molar-refractivity contribution >= 4 is 23.2 Å². The Balaban J connectivity index is 1.60. The minimum atomic E-state index is -0.432. The van der Waals surface area contributed by atoms with E-state index >= 15 is 0 Å². The molecule has 1 amide bonds. The lowest BCUT2D eigenvalue weighted by Gasteiger charge is -2.34. The highest BCUT2D eigenvalue weighted by molar-refractivity contribution is 6.30. The Morgan fingerprint density at radius 2 is 1.88 bits per heavy atom. The molecule has 0 aromatic heterocycles. The molecule has 0 unspecified atom stereocenters. The molecule has 6 nitrogen and oxygen atoms in total. The molecule has 0 atom stereocenters. The molecule has 1 aliphatic rings. The fourth-order valence-corrected chi connectivity index (χ4v) is 3.39. The fourth-order valence-electron chi connectivity index (χ4n) is 3.18. The van der Waals surface area contributed by atoms with Crippen LogP contribution in [0.1, 0.15) is 21.5 Å². The standard InChI is InChI=1S/C19H20ClN3O3/c1-14-11-16(5-6-18(14)23(25)26)19(24)22-9-7-21(8-10-22)13-15-3-2-4-17(20)12-15/h2-6,11-12H,7-10,13H2,1H3. The molecule has 1 heterocycles. The van der Waals surface area contributed by atoms with Gasteiger partial charge in [-0.3, -0.25) is 19.8 Å². The molecule has 1 fully saturated rings. The van der Waals surface area contributed by atoms with E-state index in [4.69, 9.17) is 11.6 Å². The molecule has 0 bridgehead atoms. The van der Waals surface area contributed by atoms with Crippen molar-refractivity contribution in [3.63, 3.8) is 0 Å². The molecule has 26 heavy (non-hydrogen) atoms. The van der Waals surface area contributed by atoms with Crippen LogP contribution in [0.2, 0.25) is 5.02 Å². The second kappa shape index (κ2) is 7.85. The number of aryl methyl sites for hydroxylation is 1. The molecule has 0 spiro atoms. The molecule has 0 saturated carbocycles. The Hall–Kier alpha value is -2.44. The predicted molar refractivity (Wildman–Crippen MR) is 100 cm³/mol. The Morgan fingerprint density at radius 1 is 1.15 bits per heavy atom. The number of carbonyl (C=O) groups excluding carboxylic acids is 1. The minimum absolute atomic E-state index is 0.0351. The number of nitrogens with zero attached hydrogens (tertiary/aromatic N) is 3. The average molecular weight is 374 g/mol. The van der Waals surface area contributed by atoms with Crippen LogP contribution in [0, 0.1) is 17.0 Å². The average Bonchev–Trinajstić information content (AvgIpc) is 2.61. The van der Waals surface area contributed by atoms with Crippen LogP contribution in [-0.4, -0.2) is 46.8 Å². The number of hydrogen-bond donors (Lipinski definition) is 0. The lowest BCUT2D eigenvalue weighted by atomic mass is 10.1. The minimum Gasteiger partial charge on any atom is -0.336 e. The maximum Gasteiger partial charge on any atom is 0.272 e. The van der Waals surface area contributed by atoms with Crippen molar-refractivity contribution in [2.24, 2.45) is 0 Å². The third-order valence-electron chi connectivity index (χ3n) is 4.60. The number of carbonyl (C=O) groups is 1. The van der Waals surface area contributed by atoms with E-state index in [0.717, 1.165) is 30.2 Å². The van der Waals surface area contributed by atoms with Gasteiger partial charge in [-0.1, -0.05) is 23.7 Å². The summed E-state index contributed by atoms with van der Waals surface area (Å²) in [5.41, 5.74) is 2.19. The monoisotopic (exact) mass is 373 g/mol. The number of nitro benzene ring substituents is 1. The molecule has 2 aromatic carbocycles. The predicted octanol–water partition coefficient (Wildman–Crippen LogP) is 3.51. The molecule has 1 saturated heterocycles. The van der Waals surface area contributed by atoms with Crippen molar-refractivity contribution in [3.8, 4) is 0 Å². The van der Waals surface area contributed by atoms with Crippen molar-refractivity contribution < 1.29 is 9.72 Å². The van der Waals surface area contributed by atoms with Crippen molar-refractivity contribution in [2.75, 3.05) is 26.2 Å². The van der Waals surface area contributed by atoms with Gasteiger partial charge in [0, 0.05) is 54.9 Å². The Kier molecular flexibility index (Phi) is 5.54. The molecular formula is C19H20ClN3O3. The van der Waals surface area contributed by atoms with Crippen molar-refractivity contribution in [1.29, 1.82) is 0 Å². The van der Waals surface area contributed by atoms with Crippen LogP contribution >= 0.6 is 11.6 Å². The van der Waals surface area contributed by atoms with Gasteiger partial charge in [0.1, 0.15) is 0 Å². The van der Waals surface area contributed by atoms with Crippen LogP contribution in [0.3, 0.4) is 0 Å². The van der Waals surface area contributed by atoms with Gasteiger partial charge in [-0.15, -0.1) is 0 Å². The summed E-state index contributed by atoms with van der Waals surface area (Å²) in [5.74, 6) is -0.0783. The van der Waals surface area contributed by atoms with Crippen LogP contribution in [0.4, 0.5) is 5.69 Å². The van der Waals surface area contributed by atoms with Gasteiger partial charge in [-0.2, -0.15) is 0 Å². The summed E-state index contributed by atoms with van der Waals surface area (Å²) in [5, 5.41) is 11.6. The first kappa shape index (κ1) is 18.4. The zero-order valence-corrected chi connectivity index (χ0v) is 15.3. The van der Waals surface area contributed by atoms with E-state index in [-0.39, 0.29) is 11.6 Å². The summed E-state index contributed by atoms with van der Waals surface area (Å²) in [6.07, 6.45) is 0. The van der Waals surface area contributed by atoms with Gasteiger partial charge >= 0.3 is 0 Å². The first-order valence-corrected chi connectivity index (χ1v) is 8.83. The number of halogens is 1. The van der Waals surface area contributed by atoms with Gasteiger partial charge in [0.15, 0.2) is 0 Å². The number of rotatable bonds is 4. The van der Waals surface area contributed by atoms with E-state index in [0.29, 0.717) is 24.2 Å². The van der Waals surface area contributed by atoms with Crippen LogP contribution in [0.25, 0.3) is 0 Å². The second-order valence-electron chi connectivity index (χ2n) is 6.46. The topological polar surface area (TPSA) is 66.7 Å². The molecule has 0 N–H and O–H groups in total. The number of hydrogen-bond acceptors (Lipinski definition) is 4. The van der Waals surface area contributed by atoms with Crippen molar-refractivity contribution in [3.05, 3.63) is 74.3 Å². The summed E-state index contributed by atoms with van der Waals surface area (Å²) >= 11 is 6.02. The van der Waals surface area contributed by atoms with E-state index in [1.165, 1.54) is 12.1 Å². The third-order valence-corrected chi connectivity index (χ3v) is 4.83. The van der Waals surface area contributed by atoms with Crippen LogP contribution in [0.15, 0.2) is 42.5 Å². The van der Waals surface area contributed by atoms with E-state index in [1.54, 1.807) is 17.9 Å². The zero-order chi connectivity index (χ0) is 18.7. The summed E-state index contributed by atoms with van der Waals surface area (Å²) in [7, 11) is 0. The third kappa shape index (κ3) is 4.20. The van der Waals surface area contributed by atoms with E-state index in [9.17, 15) is 14.9 Å². The molecular weight excluding hydrogens is 354 g/mol. The SMILES string of the molecule is Cc1cc(C(=O)N2CCN(Cc3cccc(Cl)c3)CC2)ccc1[N+](=O)[O-]. The zero-order valence-electron chi connectivity index (χ0n) is 14.5. The van der Waals surface area contributed by atoms with E-state index in [2.05, 4.69) is 4.90 Å². The smallest absolute Gasteiger partial charge is 0.272 e. The normalized spacial score (nSPS) is 15.1. The Bertz CT molecular complexity index is 833. The maximum absolute atomic E-state index is 12.7. The highest BCUT2D eigenvalue weighted by Crippen LogP contribution is 2.20. The molecule has 0 radical (unpaired) electrons. The van der Waals surface area contributed by atoms with E-state index < -0.39 is 4.92 Å².